The van der Waals surface area contributed by atoms with Gasteiger partial charge < -0.3 is 4.90 Å². The van der Waals surface area contributed by atoms with E-state index in [0.29, 0.717) is 0 Å². The van der Waals surface area contributed by atoms with Gasteiger partial charge in [0.2, 0.25) is 0 Å². The molecule has 1 nitrogen and oxygen atoms in total. The zero-order valence-electron chi connectivity index (χ0n) is 11.2. The van der Waals surface area contributed by atoms with Crippen LogP contribution in [0.15, 0.2) is 54.6 Å². The summed E-state index contributed by atoms with van der Waals surface area (Å²) in [6.07, 6.45) is -3.42. The largest absolute Gasteiger partial charge is 0.416 e. The standard InChI is InChI=1S/C16H16F3N/c1-20(12-11-13-5-3-2-4-6-13)15-9-7-14(8-10-15)16(17,18)19/h2-10H,11-12H2,1H3. The number of rotatable bonds is 4. The Morgan fingerprint density at radius 1 is 0.900 bits per heavy atom. The van der Waals surface area contributed by atoms with Crippen LogP contribution in [0.1, 0.15) is 11.1 Å². The van der Waals surface area contributed by atoms with Gasteiger partial charge in [-0.1, -0.05) is 30.3 Å². The quantitative estimate of drug-likeness (QED) is 0.802. The van der Waals surface area contributed by atoms with E-state index in [9.17, 15) is 13.2 Å². The van der Waals surface area contributed by atoms with Crippen LogP contribution in [0.3, 0.4) is 0 Å². The van der Waals surface area contributed by atoms with Gasteiger partial charge in [0, 0.05) is 19.3 Å². The molecule has 0 saturated heterocycles. The summed E-state index contributed by atoms with van der Waals surface area (Å²) in [6, 6.07) is 15.3. The Bertz CT molecular complexity index is 532. The minimum absolute atomic E-state index is 0.613. The van der Waals surface area contributed by atoms with Crippen LogP contribution in [0.5, 0.6) is 0 Å². The van der Waals surface area contributed by atoms with Crippen molar-refractivity contribution in [3.63, 3.8) is 0 Å². The number of hydrogen-bond acceptors (Lipinski definition) is 1. The van der Waals surface area contributed by atoms with Gasteiger partial charge in [0.05, 0.1) is 5.56 Å². The highest BCUT2D eigenvalue weighted by molar-refractivity contribution is 5.47. The highest BCUT2D eigenvalue weighted by Crippen LogP contribution is 2.30. The molecule has 0 unspecified atom stereocenters. The van der Waals surface area contributed by atoms with E-state index in [2.05, 4.69) is 0 Å². The Hall–Kier alpha value is -1.97. The maximum absolute atomic E-state index is 12.5. The summed E-state index contributed by atoms with van der Waals surface area (Å²) < 4.78 is 37.4. The molecule has 0 spiro atoms. The molecular weight excluding hydrogens is 263 g/mol. The zero-order chi connectivity index (χ0) is 14.6. The van der Waals surface area contributed by atoms with E-state index in [1.807, 2.05) is 42.3 Å². The van der Waals surface area contributed by atoms with Crippen molar-refractivity contribution >= 4 is 5.69 Å². The zero-order valence-corrected chi connectivity index (χ0v) is 11.2. The third kappa shape index (κ3) is 3.76. The van der Waals surface area contributed by atoms with E-state index in [1.165, 1.54) is 17.7 Å². The van der Waals surface area contributed by atoms with Crippen molar-refractivity contribution in [2.75, 3.05) is 18.5 Å². The van der Waals surface area contributed by atoms with Gasteiger partial charge in [-0.3, -0.25) is 0 Å². The number of nitrogens with zero attached hydrogens (tertiary/aromatic N) is 1. The summed E-state index contributed by atoms with van der Waals surface area (Å²) >= 11 is 0. The topological polar surface area (TPSA) is 3.24 Å². The molecule has 0 saturated carbocycles. The van der Waals surface area contributed by atoms with E-state index in [4.69, 9.17) is 0 Å². The van der Waals surface area contributed by atoms with Crippen LogP contribution in [0.4, 0.5) is 18.9 Å². The van der Waals surface area contributed by atoms with Gasteiger partial charge >= 0.3 is 6.18 Å². The normalized spacial score (nSPS) is 11.4. The van der Waals surface area contributed by atoms with Crippen LogP contribution in [0.2, 0.25) is 0 Å². The number of hydrogen-bond donors (Lipinski definition) is 0. The summed E-state index contributed by atoms with van der Waals surface area (Å²) in [7, 11) is 1.88. The Morgan fingerprint density at radius 3 is 2.05 bits per heavy atom. The minimum Gasteiger partial charge on any atom is -0.374 e. The summed E-state index contributed by atoms with van der Waals surface area (Å²) in [4.78, 5) is 1.95. The molecule has 2 aromatic carbocycles. The third-order valence-electron chi connectivity index (χ3n) is 3.21. The van der Waals surface area contributed by atoms with Gasteiger partial charge in [0.1, 0.15) is 0 Å². The molecule has 0 amide bonds. The molecule has 106 valence electrons. The van der Waals surface area contributed by atoms with Crippen molar-refractivity contribution in [1.29, 1.82) is 0 Å². The molecule has 0 aliphatic carbocycles. The van der Waals surface area contributed by atoms with Crippen LogP contribution < -0.4 is 4.90 Å². The van der Waals surface area contributed by atoms with Gasteiger partial charge in [-0.05, 0) is 36.2 Å². The van der Waals surface area contributed by atoms with Gasteiger partial charge in [0.25, 0.3) is 0 Å². The molecule has 2 rings (SSSR count). The van der Waals surface area contributed by atoms with E-state index < -0.39 is 11.7 Å². The van der Waals surface area contributed by atoms with Crippen LogP contribution in [0.25, 0.3) is 0 Å². The van der Waals surface area contributed by atoms with Gasteiger partial charge in [-0.25, -0.2) is 0 Å². The Kier molecular flexibility index (Phi) is 4.32. The summed E-state index contributed by atoms with van der Waals surface area (Å²) in [6.45, 7) is 0.759. The Balaban J connectivity index is 1.97. The number of alkyl halides is 3. The molecule has 0 aliphatic heterocycles. The van der Waals surface area contributed by atoms with Gasteiger partial charge in [-0.15, -0.1) is 0 Å². The van der Waals surface area contributed by atoms with Crippen molar-refractivity contribution in [2.24, 2.45) is 0 Å². The van der Waals surface area contributed by atoms with Gasteiger partial charge in [-0.2, -0.15) is 13.2 Å². The lowest BCUT2D eigenvalue weighted by Crippen LogP contribution is -2.20. The SMILES string of the molecule is CN(CCc1ccccc1)c1ccc(C(F)(F)F)cc1. The molecule has 0 aliphatic rings. The van der Waals surface area contributed by atoms with Crippen LogP contribution in [0, 0.1) is 0 Å². The highest BCUT2D eigenvalue weighted by Gasteiger charge is 2.30. The fourth-order valence-corrected chi connectivity index (χ4v) is 1.98. The van der Waals surface area contributed by atoms with E-state index >= 15 is 0 Å². The number of halogens is 3. The smallest absolute Gasteiger partial charge is 0.374 e. The fraction of sp³-hybridized carbons (Fsp3) is 0.250. The van der Waals surface area contributed by atoms with Crippen molar-refractivity contribution < 1.29 is 13.2 Å². The molecule has 4 heteroatoms. The summed E-state index contributed by atoms with van der Waals surface area (Å²) in [5, 5.41) is 0. The van der Waals surface area contributed by atoms with Gasteiger partial charge in [0.15, 0.2) is 0 Å². The predicted molar refractivity (Wildman–Crippen MR) is 74.9 cm³/mol. The molecule has 20 heavy (non-hydrogen) atoms. The van der Waals surface area contributed by atoms with E-state index in [-0.39, 0.29) is 0 Å². The molecule has 0 radical (unpaired) electrons. The molecule has 0 N–H and O–H groups in total. The molecule has 0 atom stereocenters. The maximum atomic E-state index is 12.5. The molecule has 0 aromatic heterocycles. The van der Waals surface area contributed by atoms with E-state index in [1.54, 1.807) is 0 Å². The lowest BCUT2D eigenvalue weighted by Gasteiger charge is -2.20. The number of benzene rings is 2. The lowest BCUT2D eigenvalue weighted by atomic mass is 10.1. The van der Waals surface area contributed by atoms with Crippen LogP contribution in [-0.2, 0) is 12.6 Å². The molecule has 2 aromatic rings. The van der Waals surface area contributed by atoms with Crippen LogP contribution in [-0.4, -0.2) is 13.6 Å². The van der Waals surface area contributed by atoms with Crippen molar-refractivity contribution in [3.8, 4) is 0 Å². The van der Waals surface area contributed by atoms with Crippen molar-refractivity contribution in [3.05, 3.63) is 65.7 Å². The van der Waals surface area contributed by atoms with Crippen molar-refractivity contribution in [2.45, 2.75) is 12.6 Å². The second-order valence-corrected chi connectivity index (χ2v) is 4.70. The first-order valence-corrected chi connectivity index (χ1v) is 6.39. The fourth-order valence-electron chi connectivity index (χ4n) is 1.98. The van der Waals surface area contributed by atoms with Crippen LogP contribution >= 0.6 is 0 Å². The second kappa shape index (κ2) is 5.99. The first-order chi connectivity index (χ1) is 9.47. The molecule has 0 bridgehead atoms. The minimum atomic E-state index is -4.28. The highest BCUT2D eigenvalue weighted by atomic mass is 19.4. The first-order valence-electron chi connectivity index (χ1n) is 6.39. The number of anilines is 1. The second-order valence-electron chi connectivity index (χ2n) is 4.70. The molecule has 0 heterocycles. The summed E-state index contributed by atoms with van der Waals surface area (Å²) in [5.41, 5.74) is 1.39. The monoisotopic (exact) mass is 279 g/mol. The predicted octanol–water partition coefficient (Wildman–Crippen LogP) is 4.38. The maximum Gasteiger partial charge on any atom is 0.416 e. The summed E-state index contributed by atoms with van der Waals surface area (Å²) in [5.74, 6) is 0. The third-order valence-corrected chi connectivity index (χ3v) is 3.21. The average molecular weight is 279 g/mol. The molecular formula is C16H16F3N. The average Bonchev–Trinajstić information content (AvgIpc) is 2.45. The van der Waals surface area contributed by atoms with E-state index in [0.717, 1.165) is 30.8 Å². The number of likely N-dealkylation sites (N-methyl/N-ethyl adjacent to an activating group) is 1. The molecule has 0 fully saturated rings. The Morgan fingerprint density at radius 2 is 1.50 bits per heavy atom. The Labute approximate surface area is 116 Å². The first kappa shape index (κ1) is 14.4. The lowest BCUT2D eigenvalue weighted by molar-refractivity contribution is -0.137. The van der Waals surface area contributed by atoms with Crippen molar-refractivity contribution in [1.82, 2.24) is 0 Å².